The number of benzene rings is 2. The lowest BCUT2D eigenvalue weighted by Gasteiger charge is -2.13. The van der Waals surface area contributed by atoms with Crippen molar-refractivity contribution in [2.24, 2.45) is 0 Å². The lowest BCUT2D eigenvalue weighted by atomic mass is 9.93. The Morgan fingerprint density at radius 1 is 0.913 bits per heavy atom. The highest BCUT2D eigenvalue weighted by atomic mass is 32.1. The van der Waals surface area contributed by atoms with Gasteiger partial charge in [0.05, 0.1) is 11.9 Å². The first-order valence-corrected chi connectivity index (χ1v) is 8.08. The van der Waals surface area contributed by atoms with E-state index in [1.807, 2.05) is 35.8 Å². The minimum atomic E-state index is 0.810. The molecule has 2 aromatic heterocycles. The van der Waals surface area contributed by atoms with E-state index in [1.54, 1.807) is 29.9 Å². The first-order chi connectivity index (χ1) is 11.4. The van der Waals surface area contributed by atoms with E-state index in [-0.39, 0.29) is 0 Å². The van der Waals surface area contributed by atoms with Gasteiger partial charge in [-0.1, -0.05) is 42.5 Å². The molecule has 0 unspecified atom stereocenters. The molecule has 0 amide bonds. The van der Waals surface area contributed by atoms with E-state index in [2.05, 4.69) is 39.2 Å². The number of aromatic nitrogens is 3. The molecule has 0 saturated heterocycles. The van der Waals surface area contributed by atoms with Gasteiger partial charge in [-0.25, -0.2) is 4.98 Å². The second-order valence-corrected chi connectivity index (χ2v) is 5.83. The number of thiazole rings is 1. The Hall–Kier alpha value is -2.85. The molecule has 23 heavy (non-hydrogen) atoms. The van der Waals surface area contributed by atoms with Crippen molar-refractivity contribution >= 4 is 11.3 Å². The van der Waals surface area contributed by atoms with Crippen LogP contribution in [0.5, 0.6) is 0 Å². The minimum absolute atomic E-state index is 0.810. The highest BCUT2D eigenvalue weighted by Crippen LogP contribution is 2.39. The van der Waals surface area contributed by atoms with Crippen LogP contribution in [0.15, 0.2) is 72.6 Å². The largest absolute Gasteiger partial charge is 0.261 e. The fraction of sp³-hybridized carbons (Fsp3) is 0. The van der Waals surface area contributed by atoms with Gasteiger partial charge in [0.15, 0.2) is 0 Å². The summed E-state index contributed by atoms with van der Waals surface area (Å²) in [7, 11) is 0. The van der Waals surface area contributed by atoms with Crippen LogP contribution in [0.3, 0.4) is 0 Å². The highest BCUT2D eigenvalue weighted by Gasteiger charge is 2.16. The summed E-state index contributed by atoms with van der Waals surface area (Å²) in [6.45, 7) is 0. The van der Waals surface area contributed by atoms with Crippen molar-refractivity contribution in [3.05, 3.63) is 78.7 Å². The van der Waals surface area contributed by atoms with E-state index >= 15 is 0 Å². The summed E-state index contributed by atoms with van der Waals surface area (Å²) < 4.78 is 0. The number of rotatable bonds is 3. The predicted molar refractivity (Wildman–Crippen MR) is 92.8 cm³/mol. The minimum Gasteiger partial charge on any atom is -0.261 e. The summed E-state index contributed by atoms with van der Waals surface area (Å²) in [5, 5.41) is 2.98. The molecule has 2 aromatic carbocycles. The Labute approximate surface area is 138 Å². The third-order valence-electron chi connectivity index (χ3n) is 3.54. The summed E-state index contributed by atoms with van der Waals surface area (Å²) in [6.07, 6.45) is 6.97. The quantitative estimate of drug-likeness (QED) is 0.548. The molecule has 0 aliphatic heterocycles. The molecule has 4 aromatic rings. The maximum Gasteiger partial charge on any atom is 0.123 e. The molecule has 0 atom stereocenters. The second-order valence-electron chi connectivity index (χ2n) is 4.94. The van der Waals surface area contributed by atoms with Crippen LogP contribution in [-0.4, -0.2) is 15.0 Å². The van der Waals surface area contributed by atoms with Crippen LogP contribution in [0.1, 0.15) is 0 Å². The molecule has 2 heterocycles. The first kappa shape index (κ1) is 13.8. The van der Waals surface area contributed by atoms with Gasteiger partial charge in [-0.15, -0.1) is 11.3 Å². The van der Waals surface area contributed by atoms with Crippen LogP contribution in [-0.2, 0) is 0 Å². The molecule has 0 fully saturated rings. The SMILES string of the molecule is [c]1ccc(-c2nccs2)c(-c2ccccc2)c1-c1cnccn1. The van der Waals surface area contributed by atoms with Gasteiger partial charge in [0, 0.05) is 40.7 Å². The van der Waals surface area contributed by atoms with E-state index in [1.165, 1.54) is 0 Å². The third-order valence-corrected chi connectivity index (χ3v) is 4.35. The van der Waals surface area contributed by atoms with Crippen LogP contribution in [0.25, 0.3) is 33.0 Å². The Kier molecular flexibility index (Phi) is 3.66. The summed E-state index contributed by atoms with van der Waals surface area (Å²) in [5.74, 6) is 0. The molecule has 0 bridgehead atoms. The Bertz CT molecular complexity index is 904. The fourth-order valence-corrected chi connectivity index (χ4v) is 3.24. The third kappa shape index (κ3) is 2.64. The molecule has 3 nitrogen and oxygen atoms in total. The summed E-state index contributed by atoms with van der Waals surface area (Å²) >= 11 is 1.63. The van der Waals surface area contributed by atoms with E-state index in [0.717, 1.165) is 33.0 Å². The summed E-state index contributed by atoms with van der Waals surface area (Å²) in [5.41, 5.74) is 5.05. The van der Waals surface area contributed by atoms with Crippen LogP contribution < -0.4 is 0 Å². The molecular weight excluding hydrogens is 302 g/mol. The van der Waals surface area contributed by atoms with Gasteiger partial charge >= 0.3 is 0 Å². The second kappa shape index (κ2) is 6.10. The van der Waals surface area contributed by atoms with Gasteiger partial charge in [0.25, 0.3) is 0 Å². The van der Waals surface area contributed by atoms with Crippen LogP contribution in [0, 0.1) is 6.07 Å². The number of nitrogens with zero attached hydrogens (tertiary/aromatic N) is 3. The fourth-order valence-electron chi connectivity index (χ4n) is 2.57. The van der Waals surface area contributed by atoms with Crippen molar-refractivity contribution in [1.82, 2.24) is 15.0 Å². The molecule has 109 valence electrons. The smallest absolute Gasteiger partial charge is 0.123 e. The van der Waals surface area contributed by atoms with Crippen molar-refractivity contribution < 1.29 is 0 Å². The average molecular weight is 314 g/mol. The van der Waals surface area contributed by atoms with Crippen LogP contribution in [0.4, 0.5) is 0 Å². The predicted octanol–water partition coefficient (Wildman–Crippen LogP) is 4.73. The maximum atomic E-state index is 4.48. The molecule has 0 N–H and O–H groups in total. The average Bonchev–Trinajstić information content (AvgIpc) is 3.17. The van der Waals surface area contributed by atoms with Crippen molar-refractivity contribution in [3.63, 3.8) is 0 Å². The van der Waals surface area contributed by atoms with Crippen LogP contribution in [0.2, 0.25) is 0 Å². The highest BCUT2D eigenvalue weighted by molar-refractivity contribution is 7.13. The number of hydrogen-bond donors (Lipinski definition) is 0. The topological polar surface area (TPSA) is 38.7 Å². The molecule has 1 radical (unpaired) electrons. The van der Waals surface area contributed by atoms with Gasteiger partial charge in [-0.3, -0.25) is 9.97 Å². The van der Waals surface area contributed by atoms with E-state index in [9.17, 15) is 0 Å². The molecule has 0 aliphatic carbocycles. The van der Waals surface area contributed by atoms with Gasteiger partial charge in [0.1, 0.15) is 5.01 Å². The monoisotopic (exact) mass is 314 g/mol. The van der Waals surface area contributed by atoms with Crippen LogP contribution >= 0.6 is 11.3 Å². The standard InChI is InChI=1S/C19H12N3S/c1-2-5-14(6-3-1)18-15(17-13-20-9-10-21-17)7-4-8-16(18)19-22-11-12-23-19/h1-6,8-13H. The van der Waals surface area contributed by atoms with Crippen molar-refractivity contribution in [2.45, 2.75) is 0 Å². The molecule has 4 heteroatoms. The summed E-state index contributed by atoms with van der Waals surface area (Å²) in [6, 6.07) is 17.6. The van der Waals surface area contributed by atoms with Gasteiger partial charge in [-0.2, -0.15) is 0 Å². The normalized spacial score (nSPS) is 10.6. The van der Waals surface area contributed by atoms with Gasteiger partial charge in [0.2, 0.25) is 0 Å². The van der Waals surface area contributed by atoms with E-state index in [0.29, 0.717) is 0 Å². The van der Waals surface area contributed by atoms with Gasteiger partial charge < -0.3 is 0 Å². The zero-order valence-corrected chi connectivity index (χ0v) is 13.0. The number of hydrogen-bond acceptors (Lipinski definition) is 4. The molecule has 4 rings (SSSR count). The Morgan fingerprint density at radius 2 is 1.83 bits per heavy atom. The Morgan fingerprint density at radius 3 is 2.57 bits per heavy atom. The van der Waals surface area contributed by atoms with Gasteiger partial charge in [-0.05, 0) is 11.6 Å². The lowest BCUT2D eigenvalue weighted by Crippen LogP contribution is -1.92. The molecule has 0 aliphatic rings. The maximum absolute atomic E-state index is 4.48. The molecule has 0 spiro atoms. The zero-order chi connectivity index (χ0) is 15.5. The summed E-state index contributed by atoms with van der Waals surface area (Å²) in [4.78, 5) is 13.1. The molecule has 0 saturated carbocycles. The molecular formula is C19H12N3S. The zero-order valence-electron chi connectivity index (χ0n) is 12.2. The van der Waals surface area contributed by atoms with E-state index < -0.39 is 0 Å². The van der Waals surface area contributed by atoms with Crippen molar-refractivity contribution in [1.29, 1.82) is 0 Å². The van der Waals surface area contributed by atoms with Crippen molar-refractivity contribution in [2.75, 3.05) is 0 Å². The lowest BCUT2D eigenvalue weighted by molar-refractivity contribution is 1.20. The van der Waals surface area contributed by atoms with Crippen molar-refractivity contribution in [3.8, 4) is 33.0 Å². The van der Waals surface area contributed by atoms with E-state index in [4.69, 9.17) is 0 Å². The Balaban J connectivity index is 2.02. The first-order valence-electron chi connectivity index (χ1n) is 7.20.